The van der Waals surface area contributed by atoms with Crippen LogP contribution in [0.25, 0.3) is 0 Å². The Bertz CT molecular complexity index is 341. The van der Waals surface area contributed by atoms with Gasteiger partial charge in [0.1, 0.15) is 5.60 Å². The molecule has 0 bridgehead atoms. The van der Waals surface area contributed by atoms with Crippen molar-refractivity contribution in [3.05, 3.63) is 0 Å². The topological polar surface area (TPSA) is 70.1 Å². The lowest BCUT2D eigenvalue weighted by Crippen LogP contribution is -2.52. The van der Waals surface area contributed by atoms with Gasteiger partial charge in [0.15, 0.2) is 6.29 Å². The molecule has 0 aromatic heterocycles. The van der Waals surface area contributed by atoms with Crippen LogP contribution >= 0.6 is 0 Å². The zero-order chi connectivity index (χ0) is 18.6. The van der Waals surface area contributed by atoms with Crippen LogP contribution in [0, 0.1) is 0 Å². The number of hydrogen-bond donors (Lipinski definition) is 1. The number of methoxy groups -OCH3 is 1. The molecule has 2 rings (SSSR count). The number of rotatable bonds is 2. The quantitative estimate of drug-likeness (QED) is 0.775. The molecule has 1 saturated carbocycles. The Labute approximate surface area is 147 Å². The summed E-state index contributed by atoms with van der Waals surface area (Å²) < 4.78 is 5.16. The van der Waals surface area contributed by atoms with E-state index in [1.54, 1.807) is 7.11 Å². The number of carbonyl (C=O) groups excluding carboxylic acids is 1. The average Bonchev–Trinajstić information content (AvgIpc) is 2.56. The highest BCUT2D eigenvalue weighted by Gasteiger charge is 2.30. The maximum absolute atomic E-state index is 10.6. The van der Waals surface area contributed by atoms with Crippen molar-refractivity contribution in [2.24, 2.45) is 0 Å². The Balaban J connectivity index is 0.000000381. The number of likely N-dealkylation sites (N-methyl/N-ethyl adjacent to an activating group) is 1. The second kappa shape index (κ2) is 11.6. The smallest absolute Gasteiger partial charge is 0.290 e. The highest BCUT2D eigenvalue weighted by atomic mass is 16.5. The van der Waals surface area contributed by atoms with Crippen molar-refractivity contribution in [2.75, 3.05) is 40.3 Å². The fraction of sp³-hybridized carbons (Fsp3) is 0.889. The summed E-state index contributed by atoms with van der Waals surface area (Å²) in [5.41, 5.74) is -0.0560. The van der Waals surface area contributed by atoms with Crippen LogP contribution < -0.4 is 0 Å². The summed E-state index contributed by atoms with van der Waals surface area (Å²) in [5.74, 6) is 0. The summed E-state index contributed by atoms with van der Waals surface area (Å²) in [5, 5.41) is 6.89. The molecule has 1 N–H and O–H groups in total. The first-order chi connectivity index (χ1) is 11.2. The van der Waals surface area contributed by atoms with E-state index in [0.29, 0.717) is 5.54 Å². The van der Waals surface area contributed by atoms with Crippen LogP contribution in [0.1, 0.15) is 52.9 Å². The zero-order valence-electron chi connectivity index (χ0n) is 16.1. The molecule has 2 fully saturated rings. The van der Waals surface area contributed by atoms with Crippen LogP contribution in [0.2, 0.25) is 0 Å². The highest BCUT2D eigenvalue weighted by Crippen LogP contribution is 2.28. The van der Waals surface area contributed by atoms with E-state index in [2.05, 4.69) is 37.6 Å². The van der Waals surface area contributed by atoms with Gasteiger partial charge in [-0.15, -0.1) is 0 Å². The number of piperazine rings is 1. The average molecular weight is 344 g/mol. The first-order valence-electron chi connectivity index (χ1n) is 8.77. The minimum atomic E-state index is -0.418. The van der Waals surface area contributed by atoms with Crippen molar-refractivity contribution in [1.82, 2.24) is 9.80 Å². The van der Waals surface area contributed by atoms with Crippen LogP contribution in [0.15, 0.2) is 0 Å². The van der Waals surface area contributed by atoms with Gasteiger partial charge in [-0.05, 0) is 40.7 Å². The fourth-order valence-electron chi connectivity index (χ4n) is 3.00. The molecule has 6 heteroatoms. The molecule has 0 amide bonds. The molecule has 2 aliphatic rings. The van der Waals surface area contributed by atoms with E-state index in [9.17, 15) is 4.79 Å². The molecular formula is C18H36N2O4. The Morgan fingerprint density at radius 2 is 1.46 bits per heavy atom. The van der Waals surface area contributed by atoms with Gasteiger partial charge in [0.2, 0.25) is 0 Å². The van der Waals surface area contributed by atoms with Gasteiger partial charge in [0.05, 0.1) is 0 Å². The molecule has 1 aliphatic heterocycles. The number of aldehydes is 1. The van der Waals surface area contributed by atoms with Crippen molar-refractivity contribution >= 4 is 12.8 Å². The lowest BCUT2D eigenvalue weighted by molar-refractivity contribution is -0.131. The zero-order valence-corrected chi connectivity index (χ0v) is 16.1. The summed E-state index contributed by atoms with van der Waals surface area (Å²) in [7, 11) is 3.82. The Hall–Kier alpha value is -0.980. The molecule has 1 heterocycles. The SMILES string of the molecule is CN1CCN(C(C)(C)C)CC1.COC1(C=O)CCCCC1.O=CO. The molecule has 0 radical (unpaired) electrons. The number of nitrogens with zero attached hydrogens (tertiary/aromatic N) is 2. The summed E-state index contributed by atoms with van der Waals surface area (Å²) >= 11 is 0. The second-order valence-corrected chi connectivity index (χ2v) is 7.51. The van der Waals surface area contributed by atoms with Crippen molar-refractivity contribution in [2.45, 2.75) is 64.0 Å². The lowest BCUT2D eigenvalue weighted by Gasteiger charge is -2.41. The third kappa shape index (κ3) is 8.76. The van der Waals surface area contributed by atoms with Crippen LogP contribution in [0.5, 0.6) is 0 Å². The molecule has 142 valence electrons. The van der Waals surface area contributed by atoms with Crippen molar-refractivity contribution in [3.63, 3.8) is 0 Å². The molecule has 0 unspecified atom stereocenters. The van der Waals surface area contributed by atoms with Gasteiger partial charge in [0.25, 0.3) is 6.47 Å². The minimum absolute atomic E-state index is 0.250. The molecule has 0 atom stereocenters. The Kier molecular flexibility index (Phi) is 11.1. The molecule has 6 nitrogen and oxygen atoms in total. The van der Waals surface area contributed by atoms with Crippen LogP contribution in [0.4, 0.5) is 0 Å². The van der Waals surface area contributed by atoms with Gasteiger partial charge < -0.3 is 19.5 Å². The van der Waals surface area contributed by atoms with Crippen LogP contribution in [-0.2, 0) is 14.3 Å². The van der Waals surface area contributed by atoms with E-state index >= 15 is 0 Å². The molecule has 1 saturated heterocycles. The molecule has 0 spiro atoms. The van der Waals surface area contributed by atoms with Gasteiger partial charge in [-0.1, -0.05) is 19.3 Å². The van der Waals surface area contributed by atoms with Gasteiger partial charge in [0, 0.05) is 38.8 Å². The Morgan fingerprint density at radius 1 is 1.00 bits per heavy atom. The first-order valence-corrected chi connectivity index (χ1v) is 8.77. The fourth-order valence-corrected chi connectivity index (χ4v) is 3.00. The third-order valence-electron chi connectivity index (χ3n) is 4.77. The summed E-state index contributed by atoms with van der Waals surface area (Å²) in [6.45, 7) is 11.5. The van der Waals surface area contributed by atoms with Crippen LogP contribution in [-0.4, -0.2) is 79.1 Å². The number of ether oxygens (including phenoxy) is 1. The molecule has 1 aliphatic carbocycles. The van der Waals surface area contributed by atoms with E-state index in [4.69, 9.17) is 14.6 Å². The number of carbonyl (C=O) groups is 2. The van der Waals surface area contributed by atoms with Gasteiger partial charge in [-0.25, -0.2) is 0 Å². The van der Waals surface area contributed by atoms with Gasteiger partial charge in [-0.3, -0.25) is 9.69 Å². The maximum atomic E-state index is 10.6. The maximum Gasteiger partial charge on any atom is 0.290 e. The van der Waals surface area contributed by atoms with E-state index in [-0.39, 0.29) is 6.47 Å². The van der Waals surface area contributed by atoms with Gasteiger partial charge >= 0.3 is 0 Å². The standard InChI is InChI=1S/C9H20N2.C8H14O2.CH2O2/c1-9(2,3)11-7-5-10(4)6-8-11;1-10-8(7-9)5-3-2-4-6-8;2-1-3/h5-8H2,1-4H3;7H,2-6H2,1H3;1H,(H,2,3). The first kappa shape index (κ1) is 23.0. The second-order valence-electron chi connectivity index (χ2n) is 7.51. The van der Waals surface area contributed by atoms with E-state index in [0.717, 1.165) is 32.0 Å². The van der Waals surface area contributed by atoms with E-state index in [1.807, 2.05) is 0 Å². The van der Waals surface area contributed by atoms with E-state index < -0.39 is 5.60 Å². The Morgan fingerprint density at radius 3 is 1.75 bits per heavy atom. The molecular weight excluding hydrogens is 308 g/mol. The van der Waals surface area contributed by atoms with Crippen molar-refractivity contribution in [3.8, 4) is 0 Å². The normalized spacial score (nSPS) is 21.5. The van der Waals surface area contributed by atoms with Crippen molar-refractivity contribution < 1.29 is 19.4 Å². The monoisotopic (exact) mass is 344 g/mol. The van der Waals surface area contributed by atoms with E-state index in [1.165, 1.54) is 32.6 Å². The predicted octanol–water partition coefficient (Wildman–Crippen LogP) is 2.27. The molecule has 24 heavy (non-hydrogen) atoms. The largest absolute Gasteiger partial charge is 0.483 e. The van der Waals surface area contributed by atoms with Crippen LogP contribution in [0.3, 0.4) is 0 Å². The van der Waals surface area contributed by atoms with Gasteiger partial charge in [-0.2, -0.15) is 0 Å². The van der Waals surface area contributed by atoms with Crippen molar-refractivity contribution in [1.29, 1.82) is 0 Å². The highest BCUT2D eigenvalue weighted by molar-refractivity contribution is 5.62. The lowest BCUT2D eigenvalue weighted by atomic mass is 9.86. The molecule has 0 aromatic carbocycles. The number of hydrogen-bond acceptors (Lipinski definition) is 5. The summed E-state index contributed by atoms with van der Waals surface area (Å²) in [6.07, 6.45) is 6.30. The third-order valence-corrected chi connectivity index (χ3v) is 4.77. The number of carboxylic acid groups (broad SMARTS) is 1. The summed E-state index contributed by atoms with van der Waals surface area (Å²) in [6, 6.07) is 0. The molecule has 0 aromatic rings. The summed E-state index contributed by atoms with van der Waals surface area (Å²) in [4.78, 5) is 23.9. The predicted molar refractivity (Wildman–Crippen MR) is 96.4 cm³/mol. The minimum Gasteiger partial charge on any atom is -0.483 e.